The van der Waals surface area contributed by atoms with E-state index >= 15 is 0 Å². The van der Waals surface area contributed by atoms with E-state index in [1.807, 2.05) is 24.3 Å². The van der Waals surface area contributed by atoms with Gasteiger partial charge in [0, 0.05) is 16.7 Å². The maximum absolute atomic E-state index is 9.86. The molecule has 0 amide bonds. The van der Waals surface area contributed by atoms with E-state index in [0.29, 0.717) is 33.5 Å². The number of hydrogen-bond donors (Lipinski definition) is 1. The van der Waals surface area contributed by atoms with E-state index in [4.69, 9.17) is 28.3 Å². The first kappa shape index (κ1) is 20.1. The molecule has 2 fully saturated rings. The highest BCUT2D eigenvalue weighted by Gasteiger charge is 2.53. The van der Waals surface area contributed by atoms with Crippen molar-refractivity contribution >= 4 is 35.1 Å². The van der Waals surface area contributed by atoms with Crippen molar-refractivity contribution in [1.29, 1.82) is 0 Å². The minimum Gasteiger partial charge on any atom is -0.508 e. The Labute approximate surface area is 187 Å². The van der Waals surface area contributed by atoms with Crippen molar-refractivity contribution in [1.82, 2.24) is 0 Å². The zero-order valence-electron chi connectivity index (χ0n) is 17.1. The molecule has 5 rings (SSSR count). The average Bonchev–Trinajstić information content (AvgIpc) is 3.07. The highest BCUT2D eigenvalue weighted by molar-refractivity contribution is 6.43. The van der Waals surface area contributed by atoms with Crippen LogP contribution in [0.4, 0.5) is 0 Å². The van der Waals surface area contributed by atoms with Crippen LogP contribution in [0.3, 0.4) is 0 Å². The Morgan fingerprint density at radius 2 is 1.97 bits per heavy atom. The summed E-state index contributed by atoms with van der Waals surface area (Å²) in [5.41, 5.74) is 4.96. The van der Waals surface area contributed by atoms with Crippen LogP contribution in [0, 0.1) is 17.3 Å². The molecule has 0 unspecified atom stereocenters. The van der Waals surface area contributed by atoms with Gasteiger partial charge >= 0.3 is 0 Å². The number of aryl methyl sites for hydroxylation is 1. The molecule has 2 aromatic carbocycles. The molecule has 0 radical (unpaired) electrons. The topological polar surface area (TPSA) is 45.0 Å². The number of aromatic hydroxyl groups is 1. The molecule has 2 saturated carbocycles. The first-order valence-corrected chi connectivity index (χ1v) is 11.6. The van der Waals surface area contributed by atoms with Gasteiger partial charge in [-0.25, -0.2) is 0 Å². The number of hydrogen-bond acceptors (Lipinski definition) is 3. The van der Waals surface area contributed by atoms with Crippen molar-refractivity contribution in [3.63, 3.8) is 0 Å². The summed E-state index contributed by atoms with van der Waals surface area (Å²) in [5, 5.41) is 20.0. The predicted molar refractivity (Wildman–Crippen MR) is 124 cm³/mol. The van der Waals surface area contributed by atoms with Gasteiger partial charge in [-0.05, 0) is 85.6 Å². The van der Waals surface area contributed by atoms with E-state index in [9.17, 15) is 5.11 Å². The number of rotatable bonds is 2. The summed E-state index contributed by atoms with van der Waals surface area (Å²) in [6, 6.07) is 11.5. The Balaban J connectivity index is 1.39. The smallest absolute Gasteiger partial charge is 0.115 e. The van der Waals surface area contributed by atoms with Gasteiger partial charge < -0.3 is 5.11 Å². The van der Waals surface area contributed by atoms with Crippen LogP contribution in [0.2, 0.25) is 10.0 Å². The van der Waals surface area contributed by atoms with Crippen LogP contribution in [0.5, 0.6) is 5.75 Å². The molecule has 0 saturated heterocycles. The molecule has 0 bridgehead atoms. The molecular formula is C25H26Cl2N2O. The number of nitrogens with zero attached hydrogens (tertiary/aromatic N) is 2. The third-order valence-corrected chi connectivity index (χ3v) is 8.64. The van der Waals surface area contributed by atoms with Crippen molar-refractivity contribution in [2.75, 3.05) is 0 Å². The van der Waals surface area contributed by atoms with Gasteiger partial charge in [0.2, 0.25) is 0 Å². The molecule has 156 valence electrons. The predicted octanol–water partition coefficient (Wildman–Crippen LogP) is 7.03. The molecule has 0 aromatic heterocycles. The van der Waals surface area contributed by atoms with E-state index in [2.05, 4.69) is 18.1 Å². The van der Waals surface area contributed by atoms with Crippen LogP contribution in [0.1, 0.15) is 61.6 Å². The molecule has 2 aromatic rings. The molecule has 0 aliphatic heterocycles. The molecule has 0 heterocycles. The second-order valence-electron chi connectivity index (χ2n) is 9.23. The van der Waals surface area contributed by atoms with Gasteiger partial charge in [-0.1, -0.05) is 48.3 Å². The number of phenolic OH excluding ortho intramolecular Hbond substituents is 1. The van der Waals surface area contributed by atoms with E-state index in [1.165, 1.54) is 36.1 Å². The lowest BCUT2D eigenvalue weighted by Gasteiger charge is -2.49. The van der Waals surface area contributed by atoms with Crippen LogP contribution in [-0.2, 0) is 6.42 Å². The minimum atomic E-state index is 0.130. The fourth-order valence-corrected chi connectivity index (χ4v) is 6.66. The van der Waals surface area contributed by atoms with Crippen LogP contribution in [0.15, 0.2) is 46.6 Å². The largest absolute Gasteiger partial charge is 0.508 e. The molecule has 4 atom stereocenters. The normalized spacial score (nSPS) is 31.6. The molecule has 3 aliphatic rings. The first-order chi connectivity index (χ1) is 14.5. The van der Waals surface area contributed by atoms with Gasteiger partial charge in [-0.2, -0.15) is 10.2 Å². The summed E-state index contributed by atoms with van der Waals surface area (Å²) in [4.78, 5) is 0. The fourth-order valence-electron chi connectivity index (χ4n) is 6.30. The van der Waals surface area contributed by atoms with Gasteiger partial charge in [0.05, 0.1) is 16.3 Å². The van der Waals surface area contributed by atoms with Gasteiger partial charge in [-0.15, -0.1) is 0 Å². The molecule has 0 spiro atoms. The van der Waals surface area contributed by atoms with Crippen LogP contribution >= 0.6 is 23.2 Å². The SMILES string of the molecule is C[C@]12CC[C@@H]3c4ccc(O)cc4CC[C@H]3[C@H]1CC/C2=N/N=C\c1cccc(Cl)c1Cl. The van der Waals surface area contributed by atoms with Gasteiger partial charge in [0.1, 0.15) is 5.75 Å². The van der Waals surface area contributed by atoms with E-state index in [0.717, 1.165) is 24.8 Å². The van der Waals surface area contributed by atoms with Crippen molar-refractivity contribution in [3.05, 3.63) is 63.1 Å². The Hall–Kier alpha value is -1.84. The van der Waals surface area contributed by atoms with E-state index in [-0.39, 0.29) is 5.41 Å². The molecular weight excluding hydrogens is 415 g/mol. The average molecular weight is 441 g/mol. The lowest BCUT2D eigenvalue weighted by atomic mass is 9.55. The van der Waals surface area contributed by atoms with E-state index < -0.39 is 0 Å². The molecule has 3 aliphatic carbocycles. The zero-order valence-corrected chi connectivity index (χ0v) is 18.6. The molecule has 1 N–H and O–H groups in total. The maximum atomic E-state index is 9.86. The highest BCUT2D eigenvalue weighted by Crippen LogP contribution is 2.60. The third kappa shape index (κ3) is 3.27. The summed E-state index contributed by atoms with van der Waals surface area (Å²) in [6.07, 6.45) is 8.52. The van der Waals surface area contributed by atoms with Crippen LogP contribution < -0.4 is 0 Å². The van der Waals surface area contributed by atoms with Crippen molar-refractivity contribution < 1.29 is 5.11 Å². The van der Waals surface area contributed by atoms with Gasteiger partial charge in [0.15, 0.2) is 0 Å². The lowest BCUT2D eigenvalue weighted by Crippen LogP contribution is -2.42. The lowest BCUT2D eigenvalue weighted by molar-refractivity contribution is 0.0955. The Morgan fingerprint density at radius 1 is 1.10 bits per heavy atom. The van der Waals surface area contributed by atoms with Crippen LogP contribution in [-0.4, -0.2) is 17.0 Å². The maximum Gasteiger partial charge on any atom is 0.115 e. The van der Waals surface area contributed by atoms with Gasteiger partial charge in [-0.3, -0.25) is 0 Å². The summed E-state index contributed by atoms with van der Waals surface area (Å²) in [5.74, 6) is 2.35. The number of fused-ring (bicyclic) bond motifs is 5. The molecule has 3 nitrogen and oxygen atoms in total. The van der Waals surface area contributed by atoms with Crippen molar-refractivity contribution in [3.8, 4) is 5.75 Å². The van der Waals surface area contributed by atoms with Crippen molar-refractivity contribution in [2.45, 2.75) is 51.4 Å². The Bertz CT molecular complexity index is 1050. The van der Waals surface area contributed by atoms with Crippen LogP contribution in [0.25, 0.3) is 0 Å². The monoisotopic (exact) mass is 440 g/mol. The third-order valence-electron chi connectivity index (χ3n) is 7.81. The van der Waals surface area contributed by atoms with Crippen molar-refractivity contribution in [2.24, 2.45) is 27.5 Å². The summed E-state index contributed by atoms with van der Waals surface area (Å²) < 4.78 is 0. The van der Waals surface area contributed by atoms with Gasteiger partial charge in [0.25, 0.3) is 0 Å². The first-order valence-electron chi connectivity index (χ1n) is 10.8. The molecule has 5 heteroatoms. The highest BCUT2D eigenvalue weighted by atomic mass is 35.5. The minimum absolute atomic E-state index is 0.130. The quantitative estimate of drug-likeness (QED) is 0.395. The summed E-state index contributed by atoms with van der Waals surface area (Å²) in [7, 11) is 0. The summed E-state index contributed by atoms with van der Waals surface area (Å²) >= 11 is 12.4. The number of benzene rings is 2. The molecule has 30 heavy (non-hydrogen) atoms. The summed E-state index contributed by atoms with van der Waals surface area (Å²) in [6.45, 7) is 2.40. The second-order valence-corrected chi connectivity index (χ2v) is 10.0. The van der Waals surface area contributed by atoms with E-state index in [1.54, 1.807) is 12.3 Å². The Kier molecular flexibility index (Phi) is 5.15. The second kappa shape index (κ2) is 7.69. The number of phenols is 1. The fraction of sp³-hybridized carbons (Fsp3) is 0.440. The zero-order chi connectivity index (χ0) is 20.9. The Morgan fingerprint density at radius 3 is 2.83 bits per heavy atom. The standard InChI is InChI=1S/C25H26Cl2N2O/c1-25-12-11-19-18-8-6-17(30)13-15(18)5-7-20(19)21(25)9-10-23(25)29-28-14-16-3-2-4-22(26)24(16)27/h2-4,6,8,13-14,19-21,30H,5,7,9-12H2,1H3/b28-14-,29-23-/t19-,20-,21-,25+/m1/s1. The number of halogens is 2.